The van der Waals surface area contributed by atoms with E-state index in [1.807, 2.05) is 25.1 Å². The summed E-state index contributed by atoms with van der Waals surface area (Å²) in [6.07, 6.45) is 1.54. The summed E-state index contributed by atoms with van der Waals surface area (Å²) in [7, 11) is 0. The van der Waals surface area contributed by atoms with Gasteiger partial charge in [0.05, 0.1) is 6.20 Å². The van der Waals surface area contributed by atoms with Crippen LogP contribution in [0.4, 0.5) is 5.95 Å². The Morgan fingerprint density at radius 2 is 2.05 bits per heavy atom. The number of rotatable bonds is 4. The summed E-state index contributed by atoms with van der Waals surface area (Å²) in [6.45, 7) is 9.19. The molecule has 4 nitrogen and oxygen atoms in total. The molecule has 21 heavy (non-hydrogen) atoms. The average molecular weight is 306 g/mol. The van der Waals surface area contributed by atoms with Crippen molar-refractivity contribution in [3.05, 3.63) is 41.0 Å². The van der Waals surface area contributed by atoms with Gasteiger partial charge >= 0.3 is 0 Å². The second kappa shape index (κ2) is 6.31. The molecule has 0 atom stereocenters. The minimum Gasteiger partial charge on any atom is -0.437 e. The van der Waals surface area contributed by atoms with Crippen molar-refractivity contribution in [1.29, 1.82) is 0 Å². The zero-order chi connectivity index (χ0) is 15.5. The Kier molecular flexibility index (Phi) is 4.68. The van der Waals surface area contributed by atoms with Gasteiger partial charge in [0.15, 0.2) is 0 Å². The van der Waals surface area contributed by atoms with Gasteiger partial charge in [0.25, 0.3) is 0 Å². The predicted molar refractivity (Wildman–Crippen MR) is 86.4 cm³/mol. The molecular formula is C16H20ClN3O. The molecular weight excluding hydrogens is 286 g/mol. The van der Waals surface area contributed by atoms with Gasteiger partial charge in [-0.3, -0.25) is 0 Å². The lowest BCUT2D eigenvalue weighted by Crippen LogP contribution is -2.10. The van der Waals surface area contributed by atoms with Gasteiger partial charge in [-0.05, 0) is 30.0 Å². The van der Waals surface area contributed by atoms with Crippen molar-refractivity contribution in [1.82, 2.24) is 9.97 Å². The largest absolute Gasteiger partial charge is 0.437 e. The van der Waals surface area contributed by atoms with E-state index < -0.39 is 0 Å². The van der Waals surface area contributed by atoms with Crippen LogP contribution in [-0.4, -0.2) is 16.5 Å². The first kappa shape index (κ1) is 15.6. The lowest BCUT2D eigenvalue weighted by Gasteiger charge is -2.19. The van der Waals surface area contributed by atoms with Crippen molar-refractivity contribution < 1.29 is 4.74 Å². The average Bonchev–Trinajstić information content (AvgIpc) is 2.42. The van der Waals surface area contributed by atoms with Gasteiger partial charge in [0.2, 0.25) is 11.8 Å². The molecule has 0 fully saturated rings. The standard InChI is InChI=1S/C16H20ClN3O/c1-5-18-15-19-10-13(17)14(20-15)21-12-8-6-7-11(9-12)16(2,3)4/h6-10H,5H2,1-4H3,(H,18,19,20). The molecule has 2 aromatic rings. The van der Waals surface area contributed by atoms with Crippen molar-refractivity contribution >= 4 is 17.5 Å². The number of hydrogen-bond acceptors (Lipinski definition) is 4. The van der Waals surface area contributed by atoms with E-state index in [1.165, 1.54) is 11.8 Å². The first-order valence-electron chi connectivity index (χ1n) is 6.95. The molecule has 0 amide bonds. The molecule has 112 valence electrons. The first-order valence-corrected chi connectivity index (χ1v) is 7.32. The van der Waals surface area contributed by atoms with E-state index in [2.05, 4.69) is 42.1 Å². The summed E-state index contributed by atoms with van der Waals surface area (Å²) < 4.78 is 5.81. The molecule has 0 aliphatic carbocycles. The second-order valence-electron chi connectivity index (χ2n) is 5.76. The molecule has 0 saturated carbocycles. The summed E-state index contributed by atoms with van der Waals surface area (Å²) in [5, 5.41) is 3.42. The zero-order valence-electron chi connectivity index (χ0n) is 12.8. The molecule has 5 heteroatoms. The fourth-order valence-electron chi connectivity index (χ4n) is 1.80. The van der Waals surface area contributed by atoms with Crippen molar-refractivity contribution in [2.75, 3.05) is 11.9 Å². The van der Waals surface area contributed by atoms with E-state index in [4.69, 9.17) is 16.3 Å². The highest BCUT2D eigenvalue weighted by Crippen LogP contribution is 2.30. The van der Waals surface area contributed by atoms with Crippen molar-refractivity contribution in [3.8, 4) is 11.6 Å². The molecule has 0 aliphatic heterocycles. The minimum absolute atomic E-state index is 0.0593. The quantitative estimate of drug-likeness (QED) is 0.893. The molecule has 0 radical (unpaired) electrons. The molecule has 0 aliphatic rings. The number of halogens is 1. The third-order valence-electron chi connectivity index (χ3n) is 2.96. The van der Waals surface area contributed by atoms with Crippen molar-refractivity contribution in [3.63, 3.8) is 0 Å². The monoisotopic (exact) mass is 305 g/mol. The minimum atomic E-state index is 0.0593. The lowest BCUT2D eigenvalue weighted by atomic mass is 9.87. The Morgan fingerprint density at radius 3 is 2.71 bits per heavy atom. The summed E-state index contributed by atoms with van der Waals surface area (Å²) >= 11 is 6.10. The van der Waals surface area contributed by atoms with E-state index in [0.29, 0.717) is 22.6 Å². The maximum atomic E-state index is 6.10. The van der Waals surface area contributed by atoms with E-state index in [9.17, 15) is 0 Å². The summed E-state index contributed by atoms with van der Waals surface area (Å²) in [4.78, 5) is 8.37. The van der Waals surface area contributed by atoms with Crippen LogP contribution in [0.2, 0.25) is 5.02 Å². The van der Waals surface area contributed by atoms with Crippen LogP contribution in [-0.2, 0) is 5.41 Å². The lowest BCUT2D eigenvalue weighted by molar-refractivity contribution is 0.459. The normalized spacial score (nSPS) is 11.3. The van der Waals surface area contributed by atoms with Crippen LogP contribution in [0.25, 0.3) is 0 Å². The number of benzene rings is 1. The molecule has 1 aromatic carbocycles. The molecule has 2 rings (SSSR count). The van der Waals surface area contributed by atoms with Gasteiger partial charge in [-0.2, -0.15) is 4.98 Å². The fraction of sp³-hybridized carbons (Fsp3) is 0.375. The number of nitrogens with zero attached hydrogens (tertiary/aromatic N) is 2. The number of ether oxygens (including phenoxy) is 1. The zero-order valence-corrected chi connectivity index (χ0v) is 13.5. The topological polar surface area (TPSA) is 47.0 Å². The van der Waals surface area contributed by atoms with Crippen molar-refractivity contribution in [2.45, 2.75) is 33.1 Å². The molecule has 1 N–H and O–H groups in total. The molecule has 1 heterocycles. The Morgan fingerprint density at radius 1 is 1.29 bits per heavy atom. The number of nitrogens with one attached hydrogen (secondary N) is 1. The maximum absolute atomic E-state index is 6.10. The van der Waals surface area contributed by atoms with E-state index in [1.54, 1.807) is 0 Å². The Bertz CT molecular complexity index is 623. The van der Waals surface area contributed by atoms with Gasteiger partial charge in [-0.1, -0.05) is 44.5 Å². The molecule has 1 aromatic heterocycles. The highest BCUT2D eigenvalue weighted by molar-refractivity contribution is 6.31. The van der Waals surface area contributed by atoms with E-state index >= 15 is 0 Å². The highest BCUT2D eigenvalue weighted by Gasteiger charge is 2.15. The number of hydrogen-bond donors (Lipinski definition) is 1. The Balaban J connectivity index is 2.27. The van der Waals surface area contributed by atoms with Crippen LogP contribution in [0.3, 0.4) is 0 Å². The van der Waals surface area contributed by atoms with Crippen molar-refractivity contribution in [2.24, 2.45) is 0 Å². The molecule has 0 unspecified atom stereocenters. The number of anilines is 1. The third-order valence-corrected chi connectivity index (χ3v) is 3.22. The van der Waals surface area contributed by atoms with Crippen LogP contribution in [0.1, 0.15) is 33.3 Å². The molecule has 0 bridgehead atoms. The fourth-order valence-corrected chi connectivity index (χ4v) is 1.93. The third kappa shape index (κ3) is 4.08. The summed E-state index contributed by atoms with van der Waals surface area (Å²) in [5.74, 6) is 1.57. The highest BCUT2D eigenvalue weighted by atomic mass is 35.5. The van der Waals surface area contributed by atoms with Crippen LogP contribution in [0, 0.1) is 0 Å². The second-order valence-corrected chi connectivity index (χ2v) is 6.16. The van der Waals surface area contributed by atoms with Gasteiger partial charge in [0, 0.05) is 6.54 Å². The Hall–Kier alpha value is -1.81. The van der Waals surface area contributed by atoms with Gasteiger partial charge in [-0.25, -0.2) is 4.98 Å². The smallest absolute Gasteiger partial charge is 0.243 e. The first-order chi connectivity index (χ1) is 9.90. The van der Waals surface area contributed by atoms with Crippen LogP contribution in [0.15, 0.2) is 30.5 Å². The SMILES string of the molecule is CCNc1ncc(Cl)c(Oc2cccc(C(C)(C)C)c2)n1. The van der Waals surface area contributed by atoms with Crippen LogP contribution < -0.4 is 10.1 Å². The van der Waals surface area contributed by atoms with E-state index in [0.717, 1.165) is 6.54 Å². The van der Waals surface area contributed by atoms with Crippen LogP contribution >= 0.6 is 11.6 Å². The molecule has 0 spiro atoms. The summed E-state index contributed by atoms with van der Waals surface area (Å²) in [6, 6.07) is 7.95. The maximum Gasteiger partial charge on any atom is 0.243 e. The van der Waals surface area contributed by atoms with Gasteiger partial charge in [0.1, 0.15) is 10.8 Å². The molecule has 0 saturated heterocycles. The predicted octanol–water partition coefficient (Wildman–Crippen LogP) is 4.65. The Labute approximate surface area is 130 Å². The van der Waals surface area contributed by atoms with E-state index in [-0.39, 0.29) is 5.41 Å². The van der Waals surface area contributed by atoms with Crippen LogP contribution in [0.5, 0.6) is 11.6 Å². The van der Waals surface area contributed by atoms with Gasteiger partial charge < -0.3 is 10.1 Å². The number of aromatic nitrogens is 2. The van der Waals surface area contributed by atoms with Gasteiger partial charge in [-0.15, -0.1) is 0 Å². The summed E-state index contributed by atoms with van der Waals surface area (Å²) in [5.41, 5.74) is 1.25.